The molecule has 0 radical (unpaired) electrons. The molecule has 0 aromatic heterocycles. The maximum absolute atomic E-state index is 8.44. The third-order valence-electron chi connectivity index (χ3n) is 0. The smallest absolute Gasteiger partial charge is 0.565 e. The van der Waals surface area contributed by atoms with Gasteiger partial charge in [0.25, 0.3) is 0 Å². The van der Waals surface area contributed by atoms with Gasteiger partial charge in [-0.25, -0.2) is 0 Å². The van der Waals surface area contributed by atoms with E-state index in [1.54, 1.807) is 0 Å². The first-order valence-corrected chi connectivity index (χ1v) is 1.26. The first kappa shape index (κ1) is 29.6. The van der Waals surface area contributed by atoms with Gasteiger partial charge in [0.1, 0.15) is 0 Å². The van der Waals surface area contributed by atoms with E-state index in [1.165, 1.54) is 0 Å². The zero-order valence-electron chi connectivity index (χ0n) is 6.23. The fourth-order valence-electron chi connectivity index (χ4n) is 0. The molecule has 0 bridgehead atoms. The summed E-state index contributed by atoms with van der Waals surface area (Å²) in [5, 5.41) is 30.6. The normalized spacial score (nSPS) is 4.36. The van der Waals surface area contributed by atoms with Crippen molar-refractivity contribution in [3.05, 3.63) is 0 Å². The van der Waals surface area contributed by atoms with Gasteiger partial charge in [0.2, 0.25) is 12.3 Å². The van der Waals surface area contributed by atoms with Gasteiger partial charge in [0, 0.05) is 0 Å². The van der Waals surface area contributed by atoms with E-state index in [0.29, 0.717) is 0 Å². The fourth-order valence-corrected chi connectivity index (χ4v) is 0. The van der Waals surface area contributed by atoms with Gasteiger partial charge in [-0.15, -0.1) is 0 Å². The monoisotopic (exact) mass is 201 g/mol. The van der Waals surface area contributed by atoms with Crippen molar-refractivity contribution in [3.63, 3.8) is 0 Å². The summed E-state index contributed by atoms with van der Waals surface area (Å²) in [6.45, 7) is 0. The summed E-state index contributed by atoms with van der Waals surface area (Å²) in [6.07, 6.45) is -4.17. The summed E-state index contributed by atoms with van der Waals surface area (Å²) in [4.78, 5) is 16.9. The van der Waals surface area contributed by atoms with E-state index in [9.17, 15) is 0 Å². The number of carbonyl (C=O) groups is 2. The molecule has 11 heavy (non-hydrogen) atoms. The van der Waals surface area contributed by atoms with Crippen LogP contribution in [0.1, 0.15) is 0 Å². The van der Waals surface area contributed by atoms with Gasteiger partial charge in [0.15, 0.2) is 0 Å². The zero-order chi connectivity index (χ0) is 7.15. The van der Waals surface area contributed by atoms with Gasteiger partial charge >= 0.3 is 80.9 Å². The summed E-state index contributed by atoms with van der Waals surface area (Å²) in [5.74, 6) is 0. The van der Waals surface area contributed by atoms with Gasteiger partial charge in [0.05, 0.1) is 0 Å². The van der Waals surface area contributed by atoms with Crippen LogP contribution in [-0.2, 0) is 0 Å². The average Bonchev–Trinajstić information content (AvgIpc) is 1.25. The Bertz CT molecular complexity index is 78.6. The van der Waals surface area contributed by atoms with Crippen LogP contribution in [0.4, 0.5) is 9.59 Å². The van der Waals surface area contributed by atoms with Crippen molar-refractivity contribution in [2.24, 2.45) is 0 Å². The molecule has 7 nitrogen and oxygen atoms in total. The largest absolute Gasteiger partial charge is 1.00 e. The molecule has 0 heterocycles. The summed E-state index contributed by atoms with van der Waals surface area (Å²) in [7, 11) is 0. The third kappa shape index (κ3) is 720. The summed E-state index contributed by atoms with van der Waals surface area (Å²) < 4.78 is 0. The van der Waals surface area contributed by atoms with E-state index < -0.39 is 12.3 Å². The molecule has 0 aliphatic carbocycles. The molecule has 0 aromatic carbocycles. The van der Waals surface area contributed by atoms with Crippen LogP contribution < -0.4 is 97.3 Å². The van der Waals surface area contributed by atoms with E-state index in [2.05, 4.69) is 0 Å². The fraction of sp³-hybridized carbons (Fsp3) is 0. The van der Waals surface area contributed by atoms with Gasteiger partial charge < -0.3 is 36.2 Å². The summed E-state index contributed by atoms with van der Waals surface area (Å²) >= 11 is 0. The van der Waals surface area contributed by atoms with E-state index in [1.807, 2.05) is 0 Å². The van der Waals surface area contributed by atoms with Crippen LogP contribution >= 0.6 is 0 Å². The van der Waals surface area contributed by atoms with E-state index in [4.69, 9.17) is 30.0 Å². The molecular formula is C2H5KNNaO6. The van der Waals surface area contributed by atoms with Crippen LogP contribution in [-0.4, -0.2) is 22.5 Å². The van der Waals surface area contributed by atoms with Crippen molar-refractivity contribution in [3.8, 4) is 0 Å². The molecule has 0 fully saturated rings. The predicted molar refractivity (Wildman–Crippen MR) is 21.1 cm³/mol. The first-order chi connectivity index (χ1) is 3.46. The van der Waals surface area contributed by atoms with Crippen LogP contribution in [0.15, 0.2) is 0 Å². The third-order valence-corrected chi connectivity index (χ3v) is 0. The second-order valence-electron chi connectivity index (χ2n) is 0.532. The van der Waals surface area contributed by atoms with Crippen molar-refractivity contribution in [2.75, 3.05) is 0 Å². The SMILES string of the molecule is N.O=C([O-])O.O=C([O-])O.[K+].[Na+]. The second-order valence-corrected chi connectivity index (χ2v) is 0.532. The molecule has 9 heteroatoms. The topological polar surface area (TPSA) is 156 Å². The Morgan fingerprint density at radius 1 is 1.00 bits per heavy atom. The molecule has 5 N–H and O–H groups in total. The van der Waals surface area contributed by atoms with Crippen LogP contribution in [0.25, 0.3) is 0 Å². The van der Waals surface area contributed by atoms with E-state index in [0.717, 1.165) is 0 Å². The molecule has 0 spiro atoms. The number of hydrogen-bond donors (Lipinski definition) is 3. The minimum Gasteiger partial charge on any atom is -0.565 e. The molecule has 0 aliphatic rings. The van der Waals surface area contributed by atoms with Crippen molar-refractivity contribution < 1.29 is 111 Å². The molecule has 0 aromatic rings. The minimum absolute atomic E-state index is 0. The van der Waals surface area contributed by atoms with Crippen LogP contribution in [0.5, 0.6) is 0 Å². The molecule has 0 unspecified atom stereocenters. The van der Waals surface area contributed by atoms with E-state index in [-0.39, 0.29) is 87.1 Å². The molecule has 0 rings (SSSR count). The average molecular weight is 201 g/mol. The Kier molecular flexibility index (Phi) is 60.4. The van der Waals surface area contributed by atoms with Crippen molar-refractivity contribution in [2.45, 2.75) is 0 Å². The molecular weight excluding hydrogens is 196 g/mol. The van der Waals surface area contributed by atoms with E-state index >= 15 is 0 Å². The Hall–Kier alpha value is 1.14. The molecule has 0 atom stereocenters. The van der Waals surface area contributed by atoms with Gasteiger partial charge in [-0.3, -0.25) is 0 Å². The predicted octanol–water partition coefficient (Wildman–Crippen LogP) is -8.05. The second kappa shape index (κ2) is 22.5. The standard InChI is InChI=1S/2CH2O3.K.H3N.Na/c2*2-1(3)4;;;/h2*(H2,2,3,4);;1H3;/q;;+1;;+1/p-2. The first-order valence-electron chi connectivity index (χ1n) is 1.26. The quantitative estimate of drug-likeness (QED) is 0.328. The molecule has 0 amide bonds. The molecule has 0 saturated heterocycles. The number of carboxylic acid groups (broad SMARTS) is 4. The Morgan fingerprint density at radius 3 is 1.00 bits per heavy atom. The van der Waals surface area contributed by atoms with Crippen molar-refractivity contribution >= 4 is 12.3 Å². The Balaban J connectivity index is -0.0000000171. The number of rotatable bonds is 0. The maximum atomic E-state index is 8.44. The Labute approximate surface area is 127 Å². The Morgan fingerprint density at radius 2 is 1.00 bits per heavy atom. The van der Waals surface area contributed by atoms with Gasteiger partial charge in [-0.05, 0) is 0 Å². The van der Waals surface area contributed by atoms with Gasteiger partial charge in [-0.2, -0.15) is 0 Å². The van der Waals surface area contributed by atoms with Crippen LogP contribution in [0.2, 0.25) is 0 Å². The number of hydrogen-bond acceptors (Lipinski definition) is 5. The molecule has 56 valence electrons. The minimum atomic E-state index is -2.08. The van der Waals surface area contributed by atoms with Crippen LogP contribution in [0.3, 0.4) is 0 Å². The molecule has 0 aliphatic heterocycles. The molecule has 0 saturated carbocycles. The summed E-state index contributed by atoms with van der Waals surface area (Å²) in [5.41, 5.74) is 0. The van der Waals surface area contributed by atoms with Crippen LogP contribution in [0, 0.1) is 0 Å². The summed E-state index contributed by atoms with van der Waals surface area (Å²) in [6, 6.07) is 0. The zero-order valence-corrected chi connectivity index (χ0v) is 11.4. The van der Waals surface area contributed by atoms with Crippen molar-refractivity contribution in [1.82, 2.24) is 6.15 Å². The van der Waals surface area contributed by atoms with Crippen molar-refractivity contribution in [1.29, 1.82) is 0 Å². The van der Waals surface area contributed by atoms with Gasteiger partial charge in [-0.1, -0.05) is 0 Å². The maximum Gasteiger partial charge on any atom is 1.00 e.